The Morgan fingerprint density at radius 2 is 2.06 bits per heavy atom. The number of ether oxygens (including phenoxy) is 2. The van der Waals surface area contributed by atoms with Crippen LogP contribution in [0.3, 0.4) is 0 Å². The summed E-state index contributed by atoms with van der Waals surface area (Å²) >= 11 is 0. The minimum absolute atomic E-state index is 0.157. The Hall–Kier alpha value is -0.120. The van der Waals surface area contributed by atoms with E-state index in [2.05, 4.69) is 26.1 Å². The van der Waals surface area contributed by atoms with Gasteiger partial charge in [-0.1, -0.05) is 0 Å². The number of rotatable bonds is 6. The van der Waals surface area contributed by atoms with Crippen molar-refractivity contribution in [2.75, 3.05) is 19.8 Å². The van der Waals surface area contributed by atoms with Gasteiger partial charge in [0, 0.05) is 12.1 Å². The van der Waals surface area contributed by atoms with Crippen LogP contribution in [-0.4, -0.2) is 37.0 Å². The van der Waals surface area contributed by atoms with Gasteiger partial charge in [-0.25, -0.2) is 0 Å². The van der Waals surface area contributed by atoms with Gasteiger partial charge in [-0.3, -0.25) is 0 Å². The molecule has 1 saturated carbocycles. The second-order valence-corrected chi connectivity index (χ2v) is 6.91. The van der Waals surface area contributed by atoms with Crippen LogP contribution in [0.5, 0.6) is 0 Å². The van der Waals surface area contributed by atoms with Crippen molar-refractivity contribution in [3.05, 3.63) is 0 Å². The molecule has 3 nitrogen and oxygen atoms in total. The Kier molecular flexibility index (Phi) is 4.68. The van der Waals surface area contributed by atoms with Gasteiger partial charge in [-0.05, 0) is 65.8 Å². The second kappa shape index (κ2) is 5.89. The van der Waals surface area contributed by atoms with Gasteiger partial charge >= 0.3 is 0 Å². The summed E-state index contributed by atoms with van der Waals surface area (Å²) in [4.78, 5) is 0. The maximum atomic E-state index is 6.20. The third-order valence-electron chi connectivity index (χ3n) is 4.10. The van der Waals surface area contributed by atoms with Crippen molar-refractivity contribution < 1.29 is 9.47 Å². The summed E-state index contributed by atoms with van der Waals surface area (Å²) in [6.07, 6.45) is 7.65. The fourth-order valence-corrected chi connectivity index (χ4v) is 2.75. The SMILES string of the molecule is CC(C)(C)NCCC1(OCC2CCCO2)CCC1. The lowest BCUT2D eigenvalue weighted by Crippen LogP contribution is -2.46. The fourth-order valence-electron chi connectivity index (χ4n) is 2.75. The van der Waals surface area contributed by atoms with Crippen LogP contribution in [0.25, 0.3) is 0 Å². The van der Waals surface area contributed by atoms with Crippen molar-refractivity contribution in [2.24, 2.45) is 0 Å². The predicted octanol–water partition coefficient (Wildman–Crippen LogP) is 2.88. The third kappa shape index (κ3) is 4.22. The summed E-state index contributed by atoms with van der Waals surface area (Å²) in [6, 6.07) is 0. The second-order valence-electron chi connectivity index (χ2n) is 6.91. The van der Waals surface area contributed by atoms with E-state index in [1.165, 1.54) is 32.1 Å². The number of hydrogen-bond donors (Lipinski definition) is 1. The summed E-state index contributed by atoms with van der Waals surface area (Å²) in [6.45, 7) is 9.42. The van der Waals surface area contributed by atoms with Crippen LogP contribution in [0.1, 0.15) is 59.3 Å². The molecule has 0 aromatic rings. The van der Waals surface area contributed by atoms with E-state index in [9.17, 15) is 0 Å². The van der Waals surface area contributed by atoms with Crippen molar-refractivity contribution in [3.63, 3.8) is 0 Å². The normalized spacial score (nSPS) is 27.2. The molecule has 1 saturated heterocycles. The first-order chi connectivity index (χ1) is 8.49. The van der Waals surface area contributed by atoms with Crippen LogP contribution in [0, 0.1) is 0 Å². The molecule has 0 aromatic heterocycles. The molecule has 1 unspecified atom stereocenters. The van der Waals surface area contributed by atoms with Gasteiger partial charge in [-0.15, -0.1) is 0 Å². The molecule has 106 valence electrons. The van der Waals surface area contributed by atoms with Gasteiger partial charge in [-0.2, -0.15) is 0 Å². The molecular weight excluding hydrogens is 226 g/mol. The lowest BCUT2D eigenvalue weighted by Gasteiger charge is -2.43. The average Bonchev–Trinajstić information content (AvgIpc) is 2.71. The smallest absolute Gasteiger partial charge is 0.0809 e. The van der Waals surface area contributed by atoms with E-state index in [1.807, 2.05) is 0 Å². The maximum Gasteiger partial charge on any atom is 0.0809 e. The van der Waals surface area contributed by atoms with Crippen LogP contribution in [0.15, 0.2) is 0 Å². The van der Waals surface area contributed by atoms with Gasteiger partial charge in [0.1, 0.15) is 0 Å². The largest absolute Gasteiger partial charge is 0.376 e. The molecule has 2 fully saturated rings. The Labute approximate surface area is 112 Å². The first kappa shape index (κ1) is 14.3. The molecule has 18 heavy (non-hydrogen) atoms. The summed E-state index contributed by atoms with van der Waals surface area (Å²) < 4.78 is 11.8. The highest BCUT2D eigenvalue weighted by Gasteiger charge is 2.38. The topological polar surface area (TPSA) is 30.5 Å². The Morgan fingerprint density at radius 3 is 2.56 bits per heavy atom. The molecule has 2 aliphatic rings. The van der Waals surface area contributed by atoms with Gasteiger partial charge in [0.05, 0.1) is 18.3 Å². The molecule has 0 radical (unpaired) electrons. The van der Waals surface area contributed by atoms with Crippen molar-refractivity contribution >= 4 is 0 Å². The molecule has 1 N–H and O–H groups in total. The zero-order valence-corrected chi connectivity index (χ0v) is 12.3. The van der Waals surface area contributed by atoms with E-state index < -0.39 is 0 Å². The van der Waals surface area contributed by atoms with Crippen molar-refractivity contribution in [2.45, 2.75) is 76.5 Å². The van der Waals surface area contributed by atoms with Gasteiger partial charge in [0.15, 0.2) is 0 Å². The summed E-state index contributed by atoms with van der Waals surface area (Å²) in [5, 5.41) is 3.56. The first-order valence-corrected chi connectivity index (χ1v) is 7.50. The minimum atomic E-state index is 0.157. The molecule has 0 spiro atoms. The first-order valence-electron chi connectivity index (χ1n) is 7.50. The molecular formula is C15H29NO2. The molecule has 2 rings (SSSR count). The molecule has 3 heteroatoms. The molecule has 0 aromatic carbocycles. The quantitative estimate of drug-likeness (QED) is 0.791. The lowest BCUT2D eigenvalue weighted by atomic mass is 9.77. The third-order valence-corrected chi connectivity index (χ3v) is 4.10. The standard InChI is InChI=1S/C15H29NO2/c1-14(2,3)16-10-9-15(7-5-8-15)18-12-13-6-4-11-17-13/h13,16H,4-12H2,1-3H3. The van der Waals surface area contributed by atoms with E-state index in [0.29, 0.717) is 6.10 Å². The van der Waals surface area contributed by atoms with E-state index in [1.54, 1.807) is 0 Å². The molecule has 1 heterocycles. The predicted molar refractivity (Wildman–Crippen MR) is 73.9 cm³/mol. The summed E-state index contributed by atoms with van der Waals surface area (Å²) in [5.74, 6) is 0. The van der Waals surface area contributed by atoms with E-state index in [-0.39, 0.29) is 11.1 Å². The monoisotopic (exact) mass is 255 g/mol. The van der Waals surface area contributed by atoms with Crippen LogP contribution in [0.4, 0.5) is 0 Å². The molecule has 1 aliphatic heterocycles. The maximum absolute atomic E-state index is 6.20. The average molecular weight is 255 g/mol. The fraction of sp³-hybridized carbons (Fsp3) is 1.00. The van der Waals surface area contributed by atoms with Crippen LogP contribution < -0.4 is 5.32 Å². The Bertz CT molecular complexity index is 250. The minimum Gasteiger partial charge on any atom is -0.376 e. The van der Waals surface area contributed by atoms with Gasteiger partial charge < -0.3 is 14.8 Å². The van der Waals surface area contributed by atoms with E-state index in [4.69, 9.17) is 9.47 Å². The summed E-state index contributed by atoms with van der Waals surface area (Å²) in [7, 11) is 0. The van der Waals surface area contributed by atoms with Crippen LogP contribution in [-0.2, 0) is 9.47 Å². The van der Waals surface area contributed by atoms with E-state index in [0.717, 1.165) is 26.2 Å². The molecule has 0 amide bonds. The van der Waals surface area contributed by atoms with Crippen LogP contribution >= 0.6 is 0 Å². The highest BCUT2D eigenvalue weighted by atomic mass is 16.5. The Morgan fingerprint density at radius 1 is 1.28 bits per heavy atom. The van der Waals surface area contributed by atoms with Crippen molar-refractivity contribution in [1.29, 1.82) is 0 Å². The summed E-state index contributed by atoms with van der Waals surface area (Å²) in [5.41, 5.74) is 0.365. The molecule has 0 bridgehead atoms. The highest BCUT2D eigenvalue weighted by Crippen LogP contribution is 2.39. The van der Waals surface area contributed by atoms with Crippen LogP contribution in [0.2, 0.25) is 0 Å². The Balaban J connectivity index is 1.68. The highest BCUT2D eigenvalue weighted by molar-refractivity contribution is 4.91. The molecule has 1 aliphatic carbocycles. The van der Waals surface area contributed by atoms with E-state index >= 15 is 0 Å². The van der Waals surface area contributed by atoms with Gasteiger partial charge in [0.25, 0.3) is 0 Å². The van der Waals surface area contributed by atoms with Crippen molar-refractivity contribution in [3.8, 4) is 0 Å². The number of nitrogens with one attached hydrogen (secondary N) is 1. The number of hydrogen-bond acceptors (Lipinski definition) is 3. The zero-order valence-electron chi connectivity index (χ0n) is 12.3. The molecule has 1 atom stereocenters. The van der Waals surface area contributed by atoms with Crippen molar-refractivity contribution in [1.82, 2.24) is 5.32 Å². The zero-order chi connectivity index (χ0) is 13.1. The van der Waals surface area contributed by atoms with Gasteiger partial charge in [0.2, 0.25) is 0 Å². The lowest BCUT2D eigenvalue weighted by molar-refractivity contribution is -0.129.